The van der Waals surface area contributed by atoms with Gasteiger partial charge in [-0.3, -0.25) is 4.90 Å². The molecule has 10 nitrogen and oxygen atoms in total. The van der Waals surface area contributed by atoms with Gasteiger partial charge in [0.2, 0.25) is 0 Å². The van der Waals surface area contributed by atoms with Crippen LogP contribution in [0.25, 0.3) is 90.9 Å². The van der Waals surface area contributed by atoms with Gasteiger partial charge in [-0.05, 0) is 115 Å². The molecule has 3 aliphatic heterocycles. The molecule has 8 aromatic rings. The molecule has 3 N–H and O–H groups in total. The number of benzene rings is 5. The Labute approximate surface area is 418 Å². The average Bonchev–Trinajstić information content (AvgIpc) is 4.28. The van der Waals surface area contributed by atoms with Crippen molar-refractivity contribution in [2.45, 2.75) is 32.7 Å². The molecule has 6 heterocycles. The number of allylic oxidation sites excluding steroid dienone is 1. The third-order valence-corrected chi connectivity index (χ3v) is 13.4. The number of aromatic amines is 2. The zero-order chi connectivity index (χ0) is 49.0. The zero-order valence-electron chi connectivity index (χ0n) is 40.1. The van der Waals surface area contributed by atoms with Crippen LogP contribution in [0.5, 0.6) is 5.75 Å². The van der Waals surface area contributed by atoms with Gasteiger partial charge in [-0.2, -0.15) is 0 Å². The second-order valence-electron chi connectivity index (χ2n) is 17.8. The van der Waals surface area contributed by atoms with Crippen LogP contribution in [0.3, 0.4) is 0 Å². The van der Waals surface area contributed by atoms with Crippen molar-refractivity contribution in [2.24, 2.45) is 0 Å². The first-order valence-corrected chi connectivity index (χ1v) is 24.5. The monoisotopic (exact) mass is 944 g/mol. The van der Waals surface area contributed by atoms with E-state index in [1.165, 1.54) is 0 Å². The summed E-state index contributed by atoms with van der Waals surface area (Å²) in [6, 6.07) is 56.6. The number of fused-ring (bicyclic) bond motifs is 8. The molecule has 2 amide bonds. The first-order chi connectivity index (χ1) is 35.4. The van der Waals surface area contributed by atoms with Gasteiger partial charge in [0, 0.05) is 56.6 Å². The molecule has 72 heavy (non-hydrogen) atoms. The second-order valence-corrected chi connectivity index (χ2v) is 17.8. The Morgan fingerprint density at radius 1 is 0.542 bits per heavy atom. The summed E-state index contributed by atoms with van der Waals surface area (Å²) in [4.78, 5) is 46.8. The van der Waals surface area contributed by atoms with Crippen molar-refractivity contribution in [3.8, 4) is 50.3 Å². The lowest BCUT2D eigenvalue weighted by Gasteiger charge is -2.35. The topological polar surface area (TPSA) is 125 Å². The molecule has 0 radical (unpaired) electrons. The molecule has 1 unspecified atom stereocenters. The lowest BCUT2D eigenvalue weighted by molar-refractivity contribution is -0.139. The van der Waals surface area contributed by atoms with E-state index in [9.17, 15) is 9.59 Å². The molecule has 0 aliphatic carbocycles. The van der Waals surface area contributed by atoms with E-state index in [-0.39, 0.29) is 12.6 Å². The highest BCUT2D eigenvalue weighted by atomic mass is 16.5. The van der Waals surface area contributed by atoms with Crippen molar-refractivity contribution in [1.29, 1.82) is 0 Å². The SMILES string of the molecule is CCOC(=O)C1=C(C)N(CCCCOc2ccc(-c3c4nc(c(-c5ccccc5)c5ccc([nH]5)c(-c5ccccc5)c5nc(c(-c6ccccc6)c6ccc3[nH]6)C=C5)C=C4)cc2)C(=O)NC1c1ccccc1. The molecule has 5 aromatic carbocycles. The summed E-state index contributed by atoms with van der Waals surface area (Å²) in [5.41, 5.74) is 17.0. The number of unbranched alkanes of at least 4 members (excludes halogenated alkanes) is 1. The lowest BCUT2D eigenvalue weighted by atomic mass is 9.95. The summed E-state index contributed by atoms with van der Waals surface area (Å²) < 4.78 is 11.8. The molecule has 0 saturated carbocycles. The van der Waals surface area contributed by atoms with Crippen LogP contribution >= 0.6 is 0 Å². The minimum Gasteiger partial charge on any atom is -0.494 e. The standard InChI is InChI=1S/C62H52N6O4/c1-3-71-61(69)55-40(2)68(62(70)67-60(55)45-24-14-7-15-25-45)38-16-17-39-72-46-28-26-44(27-29-46)59-53-36-34-51(65-53)57(42-20-10-5-11-21-42)49-32-30-47(63-49)56(41-18-8-4-9-19-41)48-31-33-50(64-48)58(43-22-12-6-13-23-43)52-35-37-54(59)66-52/h4-15,18-37,60,63,66H,3,16-17,38-39H2,1-2H3,(H,67,70). The van der Waals surface area contributed by atoms with E-state index in [0.29, 0.717) is 37.3 Å². The molecule has 11 rings (SSSR count). The van der Waals surface area contributed by atoms with Crippen LogP contribution in [0, 0.1) is 0 Å². The first kappa shape index (κ1) is 45.4. The minimum absolute atomic E-state index is 0.239. The molecule has 3 aromatic heterocycles. The van der Waals surface area contributed by atoms with Crippen molar-refractivity contribution in [3.05, 3.63) is 209 Å². The van der Waals surface area contributed by atoms with Gasteiger partial charge in [0.15, 0.2) is 0 Å². The Kier molecular flexibility index (Phi) is 12.7. The van der Waals surface area contributed by atoms with E-state index in [1.807, 2.05) is 67.6 Å². The normalized spacial score (nSPS) is 14.1. The number of hydrogen-bond donors (Lipinski definition) is 3. The molecule has 0 spiro atoms. The Morgan fingerprint density at radius 3 is 1.39 bits per heavy atom. The van der Waals surface area contributed by atoms with Gasteiger partial charge in [-0.25, -0.2) is 19.6 Å². The number of aromatic nitrogens is 4. The van der Waals surface area contributed by atoms with Crippen molar-refractivity contribution < 1.29 is 19.1 Å². The maximum atomic E-state index is 13.4. The number of urea groups is 1. The Morgan fingerprint density at radius 2 is 0.958 bits per heavy atom. The maximum absolute atomic E-state index is 13.4. The van der Waals surface area contributed by atoms with E-state index in [1.54, 1.807) is 11.8 Å². The first-order valence-electron chi connectivity index (χ1n) is 24.5. The largest absolute Gasteiger partial charge is 0.494 e. The van der Waals surface area contributed by atoms with Crippen LogP contribution in [0.15, 0.2) is 181 Å². The van der Waals surface area contributed by atoms with Gasteiger partial charge in [0.05, 0.1) is 47.6 Å². The Bertz CT molecular complexity index is 3540. The molecule has 3 aliphatic rings. The highest BCUT2D eigenvalue weighted by Gasteiger charge is 2.36. The second kappa shape index (κ2) is 20.1. The number of nitrogens with zero attached hydrogens (tertiary/aromatic N) is 3. The fourth-order valence-corrected chi connectivity index (χ4v) is 9.93. The fraction of sp³-hybridized carbons (Fsp3) is 0.129. The number of nitrogens with one attached hydrogen (secondary N) is 3. The van der Waals surface area contributed by atoms with Gasteiger partial charge < -0.3 is 24.8 Å². The van der Waals surface area contributed by atoms with Crippen LogP contribution in [-0.4, -0.2) is 56.6 Å². The summed E-state index contributed by atoms with van der Waals surface area (Å²) in [6.45, 7) is 4.70. The smallest absolute Gasteiger partial charge is 0.338 e. The van der Waals surface area contributed by atoms with Crippen LogP contribution in [0.2, 0.25) is 0 Å². The minimum atomic E-state index is -0.587. The number of amides is 2. The molecule has 10 heteroatoms. The summed E-state index contributed by atoms with van der Waals surface area (Å²) >= 11 is 0. The summed E-state index contributed by atoms with van der Waals surface area (Å²) in [5.74, 6) is 0.295. The molecular formula is C62H52N6O4. The Balaban J connectivity index is 0.950. The van der Waals surface area contributed by atoms with Crippen molar-refractivity contribution in [1.82, 2.24) is 30.2 Å². The van der Waals surface area contributed by atoms with Gasteiger partial charge in [-0.15, -0.1) is 0 Å². The molecule has 354 valence electrons. The third kappa shape index (κ3) is 9.02. The number of carbonyl (C=O) groups excluding carboxylic acids is 2. The van der Waals surface area contributed by atoms with Crippen LogP contribution in [-0.2, 0) is 9.53 Å². The predicted octanol–water partition coefficient (Wildman–Crippen LogP) is 14.1. The highest BCUT2D eigenvalue weighted by Crippen LogP contribution is 2.39. The quantitative estimate of drug-likeness (QED) is 0.0781. The van der Waals surface area contributed by atoms with Crippen LogP contribution in [0.1, 0.15) is 61.1 Å². The number of H-pyrrole nitrogens is 2. The number of carbonyl (C=O) groups is 2. The van der Waals surface area contributed by atoms with Crippen LogP contribution in [0.4, 0.5) is 4.79 Å². The molecule has 8 bridgehead atoms. The van der Waals surface area contributed by atoms with Gasteiger partial charge >= 0.3 is 12.0 Å². The van der Waals surface area contributed by atoms with Gasteiger partial charge in [0.1, 0.15) is 5.75 Å². The lowest BCUT2D eigenvalue weighted by Crippen LogP contribution is -2.48. The number of esters is 1. The predicted molar refractivity (Wildman–Crippen MR) is 289 cm³/mol. The van der Waals surface area contributed by atoms with E-state index in [0.717, 1.165) is 101 Å². The number of hydrogen-bond acceptors (Lipinski definition) is 6. The van der Waals surface area contributed by atoms with E-state index in [2.05, 4.69) is 149 Å². The Hall–Kier alpha value is -9.02. The third-order valence-electron chi connectivity index (χ3n) is 13.4. The van der Waals surface area contributed by atoms with Crippen molar-refractivity contribution >= 4 is 58.4 Å². The van der Waals surface area contributed by atoms with E-state index in [4.69, 9.17) is 19.4 Å². The van der Waals surface area contributed by atoms with Crippen molar-refractivity contribution in [3.63, 3.8) is 0 Å². The molecule has 0 saturated heterocycles. The molecular weight excluding hydrogens is 893 g/mol. The van der Waals surface area contributed by atoms with E-state index >= 15 is 0 Å². The van der Waals surface area contributed by atoms with Gasteiger partial charge in [0.25, 0.3) is 0 Å². The average molecular weight is 945 g/mol. The summed E-state index contributed by atoms with van der Waals surface area (Å²) in [7, 11) is 0. The van der Waals surface area contributed by atoms with Crippen molar-refractivity contribution in [2.75, 3.05) is 19.8 Å². The number of rotatable bonds is 13. The zero-order valence-corrected chi connectivity index (χ0v) is 40.1. The summed E-state index contributed by atoms with van der Waals surface area (Å²) in [6.07, 6.45) is 9.79. The molecule has 0 fully saturated rings. The number of ether oxygens (including phenoxy) is 2. The highest BCUT2D eigenvalue weighted by molar-refractivity contribution is 6.00. The fourth-order valence-electron chi connectivity index (χ4n) is 9.93. The molecule has 1 atom stereocenters. The van der Waals surface area contributed by atoms with E-state index < -0.39 is 12.0 Å². The van der Waals surface area contributed by atoms with Crippen LogP contribution < -0.4 is 10.1 Å². The summed E-state index contributed by atoms with van der Waals surface area (Å²) in [5, 5.41) is 3.04. The van der Waals surface area contributed by atoms with Gasteiger partial charge in [-0.1, -0.05) is 133 Å². The maximum Gasteiger partial charge on any atom is 0.338 e.